The van der Waals surface area contributed by atoms with Crippen molar-refractivity contribution in [3.63, 3.8) is 0 Å². The molecule has 0 bridgehead atoms. The molecule has 0 aromatic heterocycles. The van der Waals surface area contributed by atoms with Crippen LogP contribution in [0.2, 0.25) is 0 Å². The summed E-state index contributed by atoms with van der Waals surface area (Å²) < 4.78 is 0. The van der Waals surface area contributed by atoms with Crippen LogP contribution >= 0.6 is 11.6 Å². The van der Waals surface area contributed by atoms with Gasteiger partial charge in [0.1, 0.15) is 17.4 Å². The molecule has 2 unspecified atom stereocenters. The van der Waals surface area contributed by atoms with E-state index in [0.717, 1.165) is 31.8 Å². The van der Waals surface area contributed by atoms with E-state index in [1.165, 1.54) is 77.0 Å². The Morgan fingerprint density at radius 2 is 1.40 bits per heavy atom. The first-order valence-corrected chi connectivity index (χ1v) is 11.3. The van der Waals surface area contributed by atoms with Gasteiger partial charge in [-0.3, -0.25) is 0 Å². The minimum Gasteiger partial charge on any atom is -0.385 e. The van der Waals surface area contributed by atoms with Gasteiger partial charge in [0.2, 0.25) is 0 Å². The topological polar surface area (TPSA) is 35.8 Å². The molecule has 1 rings (SSSR count). The zero-order valence-electron chi connectivity index (χ0n) is 16.7. The Hall–Kier alpha value is -0.280. The van der Waals surface area contributed by atoms with Crippen LogP contribution in [0, 0.1) is 0 Å². The standard InChI is InChI=1S/C21H41ClN2O/c1-3-5-6-7-8-9-10-11-12-13-14-15-16-17-19(25)21-23-20(22)18-24(21)4-2/h19-20,25H,3-18H2,1-2H3. The predicted octanol–water partition coefficient (Wildman–Crippen LogP) is 6.13. The average molecular weight is 373 g/mol. The van der Waals surface area contributed by atoms with Crippen LogP contribution in [-0.2, 0) is 0 Å². The van der Waals surface area contributed by atoms with Crippen molar-refractivity contribution in [1.82, 2.24) is 4.90 Å². The normalized spacial score (nSPS) is 18.6. The second-order valence-corrected chi connectivity index (χ2v) is 8.01. The molecule has 0 fully saturated rings. The van der Waals surface area contributed by atoms with Crippen LogP contribution in [0.5, 0.6) is 0 Å². The molecular weight excluding hydrogens is 332 g/mol. The Bertz CT molecular complexity index is 349. The van der Waals surface area contributed by atoms with Crippen molar-refractivity contribution >= 4 is 17.4 Å². The lowest BCUT2D eigenvalue weighted by atomic mass is 10.0. The van der Waals surface area contributed by atoms with E-state index < -0.39 is 6.10 Å². The van der Waals surface area contributed by atoms with Crippen LogP contribution in [0.1, 0.15) is 104 Å². The molecule has 0 saturated heterocycles. The van der Waals surface area contributed by atoms with Crippen LogP contribution in [-0.4, -0.2) is 40.5 Å². The fourth-order valence-electron chi connectivity index (χ4n) is 3.61. The summed E-state index contributed by atoms with van der Waals surface area (Å²) >= 11 is 6.07. The number of hydrogen-bond acceptors (Lipinski definition) is 3. The third-order valence-corrected chi connectivity index (χ3v) is 5.46. The van der Waals surface area contributed by atoms with Gasteiger partial charge in [-0.1, -0.05) is 102 Å². The zero-order valence-corrected chi connectivity index (χ0v) is 17.4. The number of halogens is 1. The van der Waals surface area contributed by atoms with Crippen LogP contribution in [0.25, 0.3) is 0 Å². The molecule has 0 radical (unpaired) electrons. The number of aliphatic hydroxyl groups excluding tert-OH is 1. The molecular formula is C21H41ClN2O. The largest absolute Gasteiger partial charge is 0.385 e. The van der Waals surface area contributed by atoms with E-state index in [1.807, 2.05) is 0 Å². The van der Waals surface area contributed by atoms with E-state index in [-0.39, 0.29) is 5.50 Å². The van der Waals surface area contributed by atoms with Gasteiger partial charge >= 0.3 is 0 Å². The third kappa shape index (κ3) is 10.5. The lowest BCUT2D eigenvalue weighted by molar-refractivity contribution is 0.210. The molecule has 4 heteroatoms. The fraction of sp³-hybridized carbons (Fsp3) is 0.952. The molecule has 1 aliphatic heterocycles. The first-order chi connectivity index (χ1) is 12.2. The van der Waals surface area contributed by atoms with Gasteiger partial charge < -0.3 is 10.0 Å². The van der Waals surface area contributed by atoms with Crippen molar-refractivity contribution in [2.24, 2.45) is 4.99 Å². The molecule has 148 valence electrons. The van der Waals surface area contributed by atoms with Crippen molar-refractivity contribution in [1.29, 1.82) is 0 Å². The maximum Gasteiger partial charge on any atom is 0.143 e. The lowest BCUT2D eigenvalue weighted by Gasteiger charge is -2.21. The summed E-state index contributed by atoms with van der Waals surface area (Å²) in [4.78, 5) is 6.48. The molecule has 0 spiro atoms. The molecule has 1 heterocycles. The third-order valence-electron chi connectivity index (χ3n) is 5.23. The number of likely N-dealkylation sites (N-methyl/N-ethyl adjacent to an activating group) is 1. The summed E-state index contributed by atoms with van der Waals surface area (Å²) in [6.45, 7) is 5.97. The fourth-order valence-corrected chi connectivity index (χ4v) is 3.88. The number of aliphatic hydroxyl groups is 1. The van der Waals surface area contributed by atoms with Gasteiger partial charge in [-0.25, -0.2) is 4.99 Å². The van der Waals surface area contributed by atoms with Gasteiger partial charge in [0.05, 0.1) is 6.54 Å². The van der Waals surface area contributed by atoms with E-state index in [4.69, 9.17) is 11.6 Å². The van der Waals surface area contributed by atoms with Crippen LogP contribution in [0.4, 0.5) is 0 Å². The van der Waals surface area contributed by atoms with Crippen molar-refractivity contribution < 1.29 is 5.11 Å². The summed E-state index contributed by atoms with van der Waals surface area (Å²) in [6.07, 6.45) is 18.0. The van der Waals surface area contributed by atoms with E-state index in [1.54, 1.807) is 0 Å². The number of amidine groups is 1. The van der Waals surface area contributed by atoms with Crippen molar-refractivity contribution in [2.45, 2.75) is 115 Å². The molecule has 3 nitrogen and oxygen atoms in total. The average Bonchev–Trinajstić information content (AvgIpc) is 3.00. The summed E-state index contributed by atoms with van der Waals surface area (Å²) in [5.41, 5.74) is -0.184. The summed E-state index contributed by atoms with van der Waals surface area (Å²) in [7, 11) is 0. The minimum atomic E-state index is -0.434. The Labute approximate surface area is 161 Å². The molecule has 25 heavy (non-hydrogen) atoms. The van der Waals surface area contributed by atoms with Crippen LogP contribution in [0.15, 0.2) is 4.99 Å². The minimum absolute atomic E-state index is 0.184. The molecule has 0 aromatic rings. The molecule has 2 atom stereocenters. The molecule has 1 aliphatic rings. The number of aliphatic imine (C=N–C) groups is 1. The monoisotopic (exact) mass is 372 g/mol. The maximum absolute atomic E-state index is 10.3. The molecule has 0 aliphatic carbocycles. The van der Waals surface area contributed by atoms with Crippen molar-refractivity contribution in [2.75, 3.05) is 13.1 Å². The van der Waals surface area contributed by atoms with E-state index in [2.05, 4.69) is 23.7 Å². The Balaban J connectivity index is 1.89. The number of hydrogen-bond donors (Lipinski definition) is 1. The van der Waals surface area contributed by atoms with Gasteiger partial charge in [0, 0.05) is 6.54 Å². The van der Waals surface area contributed by atoms with Crippen molar-refractivity contribution in [3.05, 3.63) is 0 Å². The van der Waals surface area contributed by atoms with Gasteiger partial charge in [0.15, 0.2) is 0 Å². The smallest absolute Gasteiger partial charge is 0.143 e. The summed E-state index contributed by atoms with van der Waals surface area (Å²) in [5, 5.41) is 10.3. The van der Waals surface area contributed by atoms with E-state index >= 15 is 0 Å². The van der Waals surface area contributed by atoms with Gasteiger partial charge in [-0.15, -0.1) is 0 Å². The second kappa shape index (κ2) is 14.8. The first kappa shape index (κ1) is 22.8. The lowest BCUT2D eigenvalue weighted by Crippen LogP contribution is -2.36. The molecule has 0 amide bonds. The van der Waals surface area contributed by atoms with Crippen LogP contribution < -0.4 is 0 Å². The Morgan fingerprint density at radius 3 is 1.88 bits per heavy atom. The molecule has 0 saturated carbocycles. The van der Waals surface area contributed by atoms with Gasteiger partial charge in [0.25, 0.3) is 0 Å². The molecule has 1 N–H and O–H groups in total. The number of unbranched alkanes of at least 4 members (excludes halogenated alkanes) is 12. The van der Waals surface area contributed by atoms with Crippen LogP contribution in [0.3, 0.4) is 0 Å². The number of nitrogens with zero attached hydrogens (tertiary/aromatic N) is 2. The number of alkyl halides is 1. The quantitative estimate of drug-likeness (QED) is 0.201. The first-order valence-electron chi connectivity index (χ1n) is 10.8. The van der Waals surface area contributed by atoms with Gasteiger partial charge in [-0.2, -0.15) is 0 Å². The summed E-state index contributed by atoms with van der Waals surface area (Å²) in [5.74, 6) is 0.807. The number of rotatable bonds is 16. The zero-order chi connectivity index (χ0) is 18.3. The highest BCUT2D eigenvalue weighted by Crippen LogP contribution is 2.18. The maximum atomic E-state index is 10.3. The Morgan fingerprint density at radius 1 is 0.920 bits per heavy atom. The van der Waals surface area contributed by atoms with Crippen molar-refractivity contribution in [3.8, 4) is 0 Å². The van der Waals surface area contributed by atoms with E-state index in [0.29, 0.717) is 0 Å². The summed E-state index contributed by atoms with van der Waals surface area (Å²) in [6, 6.07) is 0. The Kier molecular flexibility index (Phi) is 13.5. The second-order valence-electron chi connectivity index (χ2n) is 7.51. The van der Waals surface area contributed by atoms with E-state index in [9.17, 15) is 5.11 Å². The SMILES string of the molecule is CCCCCCCCCCCCCCCC(O)C1=NC(Cl)CN1CC. The predicted molar refractivity (Wildman–Crippen MR) is 111 cm³/mol. The van der Waals surface area contributed by atoms with Gasteiger partial charge in [-0.05, 0) is 13.3 Å². The highest BCUT2D eigenvalue weighted by Gasteiger charge is 2.26. The molecule has 0 aromatic carbocycles. The highest BCUT2D eigenvalue weighted by molar-refractivity contribution is 6.22. The highest BCUT2D eigenvalue weighted by atomic mass is 35.5.